The van der Waals surface area contributed by atoms with Gasteiger partial charge in [-0.15, -0.1) is 0 Å². The Morgan fingerprint density at radius 2 is 1.61 bits per heavy atom. The molecule has 0 saturated carbocycles. The summed E-state index contributed by atoms with van der Waals surface area (Å²) in [7, 11) is 0. The Morgan fingerprint density at radius 3 is 2.13 bits per heavy atom. The first kappa shape index (κ1) is 16.7. The van der Waals surface area contributed by atoms with Gasteiger partial charge in [0.25, 0.3) is 5.56 Å². The lowest BCUT2D eigenvalue weighted by molar-refractivity contribution is 0.103. The van der Waals surface area contributed by atoms with Crippen molar-refractivity contribution in [2.24, 2.45) is 0 Å². The highest BCUT2D eigenvalue weighted by Gasteiger charge is 2.22. The van der Waals surface area contributed by atoms with Crippen molar-refractivity contribution in [3.8, 4) is 5.75 Å². The second kappa shape index (κ2) is 6.24. The number of phenols is 1. The summed E-state index contributed by atoms with van der Waals surface area (Å²) < 4.78 is 2.42. The quantitative estimate of drug-likeness (QED) is 0.876. The van der Waals surface area contributed by atoms with E-state index >= 15 is 0 Å². The standard InChI is InChI=1S/C17H20N2O4/c1-10(2)18-9-13(16(22)19(11(3)4)17(18)23)15(21)12-7-5-6-8-14(12)20/h5-11,20H,1-4H3. The van der Waals surface area contributed by atoms with Crippen molar-refractivity contribution in [1.82, 2.24) is 9.13 Å². The molecule has 0 aliphatic rings. The number of para-hydroxylation sites is 1. The molecule has 1 aromatic carbocycles. The molecule has 0 spiro atoms. The Balaban J connectivity index is 2.78. The van der Waals surface area contributed by atoms with Crippen LogP contribution in [0.2, 0.25) is 0 Å². The number of hydrogen-bond acceptors (Lipinski definition) is 4. The van der Waals surface area contributed by atoms with Crippen molar-refractivity contribution in [3.05, 3.63) is 62.4 Å². The van der Waals surface area contributed by atoms with Gasteiger partial charge < -0.3 is 5.11 Å². The Kier molecular flexibility index (Phi) is 4.54. The fourth-order valence-corrected chi connectivity index (χ4v) is 2.38. The van der Waals surface area contributed by atoms with Crippen LogP contribution in [0.5, 0.6) is 5.75 Å². The maximum Gasteiger partial charge on any atom is 0.331 e. The van der Waals surface area contributed by atoms with Crippen molar-refractivity contribution < 1.29 is 9.90 Å². The molecule has 1 heterocycles. The molecule has 0 bridgehead atoms. The minimum absolute atomic E-state index is 0.0360. The van der Waals surface area contributed by atoms with Crippen LogP contribution in [0.1, 0.15) is 55.7 Å². The second-order valence-electron chi connectivity index (χ2n) is 5.94. The molecule has 1 aromatic heterocycles. The van der Waals surface area contributed by atoms with Crippen LogP contribution >= 0.6 is 0 Å². The average Bonchev–Trinajstić information content (AvgIpc) is 2.46. The first-order valence-electron chi connectivity index (χ1n) is 7.46. The van der Waals surface area contributed by atoms with Gasteiger partial charge in [0.05, 0.1) is 5.56 Å². The molecule has 23 heavy (non-hydrogen) atoms. The fraction of sp³-hybridized carbons (Fsp3) is 0.353. The molecule has 0 unspecified atom stereocenters. The third-order valence-electron chi connectivity index (χ3n) is 3.61. The zero-order chi connectivity index (χ0) is 17.3. The van der Waals surface area contributed by atoms with Gasteiger partial charge >= 0.3 is 5.69 Å². The molecule has 0 aliphatic carbocycles. The lowest BCUT2D eigenvalue weighted by Gasteiger charge is -2.17. The summed E-state index contributed by atoms with van der Waals surface area (Å²) in [4.78, 5) is 37.7. The summed E-state index contributed by atoms with van der Waals surface area (Å²) in [6, 6.07) is 5.44. The first-order valence-corrected chi connectivity index (χ1v) is 7.46. The molecule has 0 amide bonds. The van der Waals surface area contributed by atoms with Crippen LogP contribution in [0.4, 0.5) is 0 Å². The van der Waals surface area contributed by atoms with E-state index < -0.39 is 17.0 Å². The van der Waals surface area contributed by atoms with E-state index in [9.17, 15) is 19.5 Å². The fourth-order valence-electron chi connectivity index (χ4n) is 2.38. The van der Waals surface area contributed by atoms with Gasteiger partial charge in [0.2, 0.25) is 5.78 Å². The molecule has 6 heteroatoms. The van der Waals surface area contributed by atoms with E-state index in [-0.39, 0.29) is 29.0 Å². The van der Waals surface area contributed by atoms with Gasteiger partial charge in [-0.25, -0.2) is 4.79 Å². The number of hydrogen-bond donors (Lipinski definition) is 1. The predicted octanol–water partition coefficient (Wildman–Crippen LogP) is 2.11. The summed E-state index contributed by atoms with van der Waals surface area (Å²) in [6.07, 6.45) is 1.28. The molecule has 0 fully saturated rings. The normalized spacial score (nSPS) is 11.2. The van der Waals surface area contributed by atoms with Gasteiger partial charge in [-0.05, 0) is 39.8 Å². The van der Waals surface area contributed by atoms with E-state index in [0.29, 0.717) is 0 Å². The topological polar surface area (TPSA) is 81.3 Å². The van der Waals surface area contributed by atoms with Crippen molar-refractivity contribution >= 4 is 5.78 Å². The number of rotatable bonds is 4. The zero-order valence-corrected chi connectivity index (χ0v) is 13.6. The minimum Gasteiger partial charge on any atom is -0.507 e. The number of ketones is 1. The molecule has 2 aromatic rings. The summed E-state index contributed by atoms with van der Waals surface area (Å²) in [5.41, 5.74) is -1.19. The Hall–Kier alpha value is -2.63. The first-order chi connectivity index (χ1) is 10.8. The molecule has 0 aliphatic heterocycles. The van der Waals surface area contributed by atoms with Gasteiger partial charge in [0.15, 0.2) is 0 Å². The average molecular weight is 316 g/mol. The van der Waals surface area contributed by atoms with Gasteiger partial charge in [0, 0.05) is 18.3 Å². The van der Waals surface area contributed by atoms with E-state index in [1.807, 2.05) is 0 Å². The van der Waals surface area contributed by atoms with Crippen LogP contribution in [0.15, 0.2) is 40.1 Å². The molecular weight excluding hydrogens is 296 g/mol. The zero-order valence-electron chi connectivity index (χ0n) is 13.6. The number of aromatic hydroxyl groups is 1. The highest BCUT2D eigenvalue weighted by atomic mass is 16.3. The predicted molar refractivity (Wildman–Crippen MR) is 87.3 cm³/mol. The number of carbonyl (C=O) groups is 1. The summed E-state index contributed by atoms with van der Waals surface area (Å²) in [5, 5.41) is 9.85. The van der Waals surface area contributed by atoms with Crippen molar-refractivity contribution in [1.29, 1.82) is 0 Å². The minimum atomic E-state index is -0.643. The molecular formula is C17H20N2O4. The van der Waals surface area contributed by atoms with E-state index in [2.05, 4.69) is 0 Å². The smallest absolute Gasteiger partial charge is 0.331 e. The van der Waals surface area contributed by atoms with E-state index in [4.69, 9.17) is 0 Å². The van der Waals surface area contributed by atoms with E-state index in [1.54, 1.807) is 39.8 Å². The SMILES string of the molecule is CC(C)n1cc(C(=O)c2ccccc2O)c(=O)n(C(C)C)c1=O. The molecule has 122 valence electrons. The maximum atomic E-state index is 12.7. The number of benzene rings is 1. The third kappa shape index (κ3) is 2.97. The molecule has 0 atom stereocenters. The van der Waals surface area contributed by atoms with E-state index in [0.717, 1.165) is 4.57 Å². The summed E-state index contributed by atoms with van der Waals surface area (Å²) >= 11 is 0. The Bertz CT molecular complexity index is 860. The lowest BCUT2D eigenvalue weighted by atomic mass is 10.0. The van der Waals surface area contributed by atoms with Crippen LogP contribution in [-0.2, 0) is 0 Å². The molecule has 1 N–H and O–H groups in total. The highest BCUT2D eigenvalue weighted by molar-refractivity contribution is 6.10. The van der Waals surface area contributed by atoms with Crippen LogP contribution in [0.3, 0.4) is 0 Å². The largest absolute Gasteiger partial charge is 0.507 e. The molecule has 0 saturated heterocycles. The van der Waals surface area contributed by atoms with E-state index in [1.165, 1.54) is 22.9 Å². The summed E-state index contributed by atoms with van der Waals surface area (Å²) in [6.45, 7) is 7.01. The van der Waals surface area contributed by atoms with Gasteiger partial charge in [-0.1, -0.05) is 12.1 Å². The van der Waals surface area contributed by atoms with Gasteiger partial charge in [0.1, 0.15) is 11.3 Å². The van der Waals surface area contributed by atoms with Crippen molar-refractivity contribution in [2.45, 2.75) is 39.8 Å². The third-order valence-corrected chi connectivity index (χ3v) is 3.61. The maximum absolute atomic E-state index is 12.7. The number of aromatic nitrogens is 2. The highest BCUT2D eigenvalue weighted by Crippen LogP contribution is 2.18. The lowest BCUT2D eigenvalue weighted by Crippen LogP contribution is -2.43. The second-order valence-corrected chi connectivity index (χ2v) is 5.94. The number of carbonyl (C=O) groups excluding carboxylic acids is 1. The van der Waals surface area contributed by atoms with Crippen LogP contribution < -0.4 is 11.2 Å². The Labute approximate surface area is 133 Å². The van der Waals surface area contributed by atoms with Crippen LogP contribution in [0.25, 0.3) is 0 Å². The van der Waals surface area contributed by atoms with Gasteiger partial charge in [-0.2, -0.15) is 0 Å². The summed E-state index contributed by atoms with van der Waals surface area (Å²) in [5.74, 6) is -0.799. The monoisotopic (exact) mass is 316 g/mol. The van der Waals surface area contributed by atoms with Crippen molar-refractivity contribution in [2.75, 3.05) is 0 Å². The van der Waals surface area contributed by atoms with Crippen LogP contribution in [-0.4, -0.2) is 20.0 Å². The number of phenolic OH excluding ortho intramolecular Hbond substituents is 1. The van der Waals surface area contributed by atoms with Crippen LogP contribution in [0, 0.1) is 0 Å². The molecule has 6 nitrogen and oxygen atoms in total. The number of nitrogens with zero attached hydrogens (tertiary/aromatic N) is 2. The Morgan fingerprint density at radius 1 is 1.00 bits per heavy atom. The molecule has 2 rings (SSSR count). The molecule has 0 radical (unpaired) electrons. The van der Waals surface area contributed by atoms with Crippen molar-refractivity contribution in [3.63, 3.8) is 0 Å². The van der Waals surface area contributed by atoms with Gasteiger partial charge in [-0.3, -0.25) is 18.7 Å².